The molecule has 0 bridgehead atoms. The van der Waals surface area contributed by atoms with Crippen molar-refractivity contribution < 1.29 is 13.9 Å². The Morgan fingerprint density at radius 2 is 1.93 bits per heavy atom. The standard InChI is InChI=1S/C21H16N2O4S/c24-19(14-26-17-8-6-16-7-9-20(25)27-18(16)12-17)22-21-23(10-11-28-21)13-15-4-2-1-3-5-15/h1-12H,13-14H2. The third-order valence-corrected chi connectivity index (χ3v) is 4.83. The summed E-state index contributed by atoms with van der Waals surface area (Å²) in [7, 11) is 0. The number of benzene rings is 2. The number of nitrogens with zero attached hydrogens (tertiary/aromatic N) is 2. The highest BCUT2D eigenvalue weighted by molar-refractivity contribution is 7.07. The van der Waals surface area contributed by atoms with Gasteiger partial charge in [-0.2, -0.15) is 4.99 Å². The molecule has 0 fully saturated rings. The molecule has 0 radical (unpaired) electrons. The second-order valence-electron chi connectivity index (χ2n) is 6.05. The number of hydrogen-bond donors (Lipinski definition) is 0. The van der Waals surface area contributed by atoms with Crippen LogP contribution in [-0.2, 0) is 11.3 Å². The van der Waals surface area contributed by atoms with Crippen molar-refractivity contribution in [3.05, 3.63) is 93.0 Å². The smallest absolute Gasteiger partial charge is 0.336 e. The normalized spacial score (nSPS) is 11.6. The molecule has 0 aliphatic heterocycles. The van der Waals surface area contributed by atoms with Gasteiger partial charge in [-0.25, -0.2) is 4.79 Å². The Bertz CT molecular complexity index is 1240. The highest BCUT2D eigenvalue weighted by Gasteiger charge is 2.05. The van der Waals surface area contributed by atoms with Gasteiger partial charge in [0.05, 0.1) is 0 Å². The Balaban J connectivity index is 1.46. The maximum absolute atomic E-state index is 12.2. The summed E-state index contributed by atoms with van der Waals surface area (Å²) >= 11 is 1.39. The minimum absolute atomic E-state index is 0.203. The third-order valence-electron chi connectivity index (χ3n) is 4.03. The zero-order valence-corrected chi connectivity index (χ0v) is 15.6. The molecule has 4 rings (SSSR count). The summed E-state index contributed by atoms with van der Waals surface area (Å²) in [6.45, 7) is 0.437. The van der Waals surface area contributed by atoms with Gasteiger partial charge in [0.15, 0.2) is 11.4 Å². The van der Waals surface area contributed by atoms with E-state index in [1.165, 1.54) is 17.4 Å². The Hall–Kier alpha value is -3.45. The molecule has 0 saturated carbocycles. The molecule has 0 N–H and O–H groups in total. The quantitative estimate of drug-likeness (QED) is 0.489. The molecule has 28 heavy (non-hydrogen) atoms. The fraction of sp³-hybridized carbons (Fsp3) is 0.0952. The van der Waals surface area contributed by atoms with Crippen LogP contribution in [0.3, 0.4) is 0 Å². The molecule has 140 valence electrons. The minimum atomic E-state index is -0.434. The van der Waals surface area contributed by atoms with Crippen LogP contribution < -0.4 is 15.2 Å². The number of thiazole rings is 1. The average molecular weight is 392 g/mol. The molecule has 0 aliphatic rings. The second-order valence-corrected chi connectivity index (χ2v) is 6.92. The van der Waals surface area contributed by atoms with E-state index in [2.05, 4.69) is 4.99 Å². The summed E-state index contributed by atoms with van der Waals surface area (Å²) in [6, 6.07) is 18.1. The maximum atomic E-state index is 12.2. The molecular weight excluding hydrogens is 376 g/mol. The number of fused-ring (bicyclic) bond motifs is 1. The summed E-state index contributed by atoms with van der Waals surface area (Å²) in [6.07, 6.45) is 1.90. The van der Waals surface area contributed by atoms with E-state index in [0.717, 1.165) is 10.9 Å². The van der Waals surface area contributed by atoms with Crippen molar-refractivity contribution in [2.75, 3.05) is 6.61 Å². The van der Waals surface area contributed by atoms with Gasteiger partial charge in [-0.15, -0.1) is 11.3 Å². The summed E-state index contributed by atoms with van der Waals surface area (Å²) in [4.78, 5) is 28.3. The lowest BCUT2D eigenvalue weighted by atomic mass is 10.2. The first kappa shape index (κ1) is 17.9. The van der Waals surface area contributed by atoms with Crippen molar-refractivity contribution in [1.29, 1.82) is 0 Å². The Morgan fingerprint density at radius 1 is 1.11 bits per heavy atom. The maximum Gasteiger partial charge on any atom is 0.336 e. The lowest BCUT2D eigenvalue weighted by Crippen LogP contribution is -2.19. The lowest BCUT2D eigenvalue weighted by molar-refractivity contribution is -0.120. The van der Waals surface area contributed by atoms with Crippen LogP contribution in [0.2, 0.25) is 0 Å². The van der Waals surface area contributed by atoms with Gasteiger partial charge in [0.25, 0.3) is 5.91 Å². The van der Waals surface area contributed by atoms with Gasteiger partial charge in [-0.1, -0.05) is 30.3 Å². The summed E-state index contributed by atoms with van der Waals surface area (Å²) in [5, 5.41) is 2.67. The van der Waals surface area contributed by atoms with Gasteiger partial charge in [0, 0.05) is 35.6 Å². The van der Waals surface area contributed by atoms with E-state index in [1.54, 1.807) is 24.3 Å². The predicted octanol–water partition coefficient (Wildman–Crippen LogP) is 3.21. The molecule has 2 aromatic heterocycles. The van der Waals surface area contributed by atoms with E-state index in [-0.39, 0.29) is 12.5 Å². The summed E-state index contributed by atoms with van der Waals surface area (Å²) in [5.41, 5.74) is 1.11. The molecule has 0 saturated heterocycles. The zero-order valence-electron chi connectivity index (χ0n) is 14.8. The number of rotatable bonds is 5. The van der Waals surface area contributed by atoms with E-state index in [1.807, 2.05) is 46.5 Å². The van der Waals surface area contributed by atoms with Crippen LogP contribution in [0.15, 0.2) is 86.4 Å². The van der Waals surface area contributed by atoms with Crippen molar-refractivity contribution in [3.8, 4) is 5.75 Å². The van der Waals surface area contributed by atoms with Gasteiger partial charge in [-0.05, 0) is 23.8 Å². The molecule has 0 atom stereocenters. The van der Waals surface area contributed by atoms with E-state index in [4.69, 9.17) is 9.15 Å². The molecular formula is C21H16N2O4S. The van der Waals surface area contributed by atoms with Crippen LogP contribution in [-0.4, -0.2) is 17.1 Å². The number of aromatic nitrogens is 1. The summed E-state index contributed by atoms with van der Waals surface area (Å²) in [5.74, 6) is 0.0487. The van der Waals surface area contributed by atoms with Crippen LogP contribution in [0.25, 0.3) is 11.0 Å². The van der Waals surface area contributed by atoms with E-state index in [9.17, 15) is 9.59 Å². The summed E-state index contributed by atoms with van der Waals surface area (Å²) < 4.78 is 12.6. The molecule has 4 aromatic rings. The third kappa shape index (κ3) is 4.27. The van der Waals surface area contributed by atoms with Gasteiger partial charge in [-0.3, -0.25) is 4.79 Å². The molecule has 2 aromatic carbocycles. The van der Waals surface area contributed by atoms with Crippen molar-refractivity contribution in [2.24, 2.45) is 4.99 Å². The fourth-order valence-corrected chi connectivity index (χ4v) is 3.45. The SMILES string of the molecule is O=C(COc1ccc2ccc(=O)oc2c1)N=c1sccn1Cc1ccccc1. The van der Waals surface area contributed by atoms with Crippen molar-refractivity contribution in [1.82, 2.24) is 4.57 Å². The van der Waals surface area contributed by atoms with Crippen LogP contribution in [0, 0.1) is 0 Å². The van der Waals surface area contributed by atoms with Crippen LogP contribution in [0.4, 0.5) is 0 Å². The van der Waals surface area contributed by atoms with E-state index >= 15 is 0 Å². The molecule has 0 aliphatic carbocycles. The van der Waals surface area contributed by atoms with E-state index in [0.29, 0.717) is 22.7 Å². The van der Waals surface area contributed by atoms with Crippen molar-refractivity contribution >= 4 is 28.2 Å². The van der Waals surface area contributed by atoms with E-state index < -0.39 is 5.63 Å². The second kappa shape index (κ2) is 8.06. The Morgan fingerprint density at radius 3 is 2.79 bits per heavy atom. The van der Waals surface area contributed by atoms with Crippen LogP contribution in [0.5, 0.6) is 5.75 Å². The highest BCUT2D eigenvalue weighted by atomic mass is 32.1. The van der Waals surface area contributed by atoms with Crippen molar-refractivity contribution in [2.45, 2.75) is 6.54 Å². The fourth-order valence-electron chi connectivity index (χ4n) is 2.70. The first-order valence-corrected chi connectivity index (χ1v) is 9.47. The molecule has 0 spiro atoms. The van der Waals surface area contributed by atoms with Crippen LogP contribution in [0.1, 0.15) is 5.56 Å². The number of ether oxygens (including phenoxy) is 1. The molecule has 1 amide bonds. The number of amides is 1. The number of hydrogen-bond acceptors (Lipinski definition) is 5. The molecule has 0 unspecified atom stereocenters. The monoisotopic (exact) mass is 392 g/mol. The van der Waals surface area contributed by atoms with Gasteiger partial charge in [0.1, 0.15) is 11.3 Å². The van der Waals surface area contributed by atoms with Gasteiger partial charge >= 0.3 is 5.63 Å². The topological polar surface area (TPSA) is 73.8 Å². The first-order chi connectivity index (χ1) is 13.7. The van der Waals surface area contributed by atoms with Gasteiger partial charge < -0.3 is 13.7 Å². The van der Waals surface area contributed by atoms with Crippen molar-refractivity contribution in [3.63, 3.8) is 0 Å². The predicted molar refractivity (Wildman–Crippen MR) is 106 cm³/mol. The minimum Gasteiger partial charge on any atom is -0.484 e. The average Bonchev–Trinajstić information content (AvgIpc) is 3.13. The van der Waals surface area contributed by atoms with Crippen LogP contribution >= 0.6 is 11.3 Å². The molecule has 6 nitrogen and oxygen atoms in total. The number of carbonyl (C=O) groups excluding carboxylic acids is 1. The van der Waals surface area contributed by atoms with Gasteiger partial charge in [0.2, 0.25) is 0 Å². The first-order valence-electron chi connectivity index (χ1n) is 8.59. The Labute approximate surface area is 164 Å². The largest absolute Gasteiger partial charge is 0.484 e. The lowest BCUT2D eigenvalue weighted by Gasteiger charge is -2.05. The molecule has 7 heteroatoms. The molecule has 2 heterocycles. The number of carbonyl (C=O) groups is 1. The Kier molecular flexibility index (Phi) is 5.16. The zero-order chi connectivity index (χ0) is 19.3. The highest BCUT2D eigenvalue weighted by Crippen LogP contribution is 2.19.